The van der Waals surface area contributed by atoms with Crippen LogP contribution in [-0.4, -0.2) is 34.7 Å². The summed E-state index contributed by atoms with van der Waals surface area (Å²) in [6.45, 7) is 11.4. The minimum atomic E-state index is -0.0883. The first-order chi connectivity index (χ1) is 18.8. The van der Waals surface area contributed by atoms with Crippen molar-refractivity contribution in [1.29, 1.82) is 0 Å². The van der Waals surface area contributed by atoms with Crippen molar-refractivity contribution in [1.82, 2.24) is 34.7 Å². The van der Waals surface area contributed by atoms with Gasteiger partial charge in [-0.05, 0) is 58.7 Å². The molecular weight excluding hydrogens is 486 g/mol. The smallest absolute Gasteiger partial charge is 0.292 e. The molecule has 0 aliphatic rings. The molecule has 39 heavy (non-hydrogen) atoms. The molecule has 0 aliphatic heterocycles. The van der Waals surface area contributed by atoms with Crippen molar-refractivity contribution in [3.8, 4) is 28.2 Å². The molecule has 0 unspecified atom stereocenters. The average molecular weight is 522 g/mol. The van der Waals surface area contributed by atoms with Crippen molar-refractivity contribution in [3.05, 3.63) is 100.0 Å². The van der Waals surface area contributed by atoms with Gasteiger partial charge in [-0.1, -0.05) is 76.6 Å². The lowest BCUT2D eigenvalue weighted by Crippen LogP contribution is -2.27. The summed E-state index contributed by atoms with van der Waals surface area (Å²) in [5.74, 6) is 0.524. The van der Waals surface area contributed by atoms with Gasteiger partial charge in [0.2, 0.25) is 5.82 Å². The number of unbranched alkanes of at least 4 members (excludes halogenated alkanes) is 1. The second-order valence-corrected chi connectivity index (χ2v) is 11.0. The van der Waals surface area contributed by atoms with E-state index in [-0.39, 0.29) is 11.1 Å². The van der Waals surface area contributed by atoms with E-state index in [1.165, 1.54) is 5.56 Å². The summed E-state index contributed by atoms with van der Waals surface area (Å²) in [6, 6.07) is 16.4. The number of imidazole rings is 1. The summed E-state index contributed by atoms with van der Waals surface area (Å²) in [6.07, 6.45) is 8.54. The highest BCUT2D eigenvalue weighted by molar-refractivity contribution is 5.79. The van der Waals surface area contributed by atoms with Gasteiger partial charge in [-0.2, -0.15) is 5.21 Å². The van der Waals surface area contributed by atoms with Crippen LogP contribution in [0, 0.1) is 6.92 Å². The molecule has 1 N–H and O–H groups in total. The summed E-state index contributed by atoms with van der Waals surface area (Å²) in [4.78, 5) is 18.3. The van der Waals surface area contributed by atoms with Gasteiger partial charge in [0.25, 0.3) is 0 Å². The van der Waals surface area contributed by atoms with Crippen LogP contribution in [0.15, 0.2) is 71.9 Å². The number of benzene rings is 2. The number of hydrogen-bond donors (Lipinski definition) is 1. The summed E-state index contributed by atoms with van der Waals surface area (Å²) in [5.41, 5.74) is 8.06. The van der Waals surface area contributed by atoms with E-state index in [1.54, 1.807) is 6.20 Å². The number of aromatic nitrogens is 7. The van der Waals surface area contributed by atoms with E-state index in [1.807, 2.05) is 21.4 Å². The van der Waals surface area contributed by atoms with E-state index in [4.69, 9.17) is 0 Å². The van der Waals surface area contributed by atoms with Gasteiger partial charge < -0.3 is 0 Å². The van der Waals surface area contributed by atoms with Crippen LogP contribution in [0.5, 0.6) is 0 Å². The molecule has 0 amide bonds. The molecule has 200 valence electrons. The molecule has 0 spiro atoms. The standard InChI is InChI=1S/C31H35N7O/c1-6-7-10-24-20-38(28-21(2)9-8-11-27(28)31(3,4)5)30(39)37(24)19-22-12-14-23(15-13-22)26-18-32-17-16-25(26)29-33-35-36-34-29/h8-9,11-18,20H,6-7,10,19H2,1-5H3,(H,33,34,35,36). The van der Waals surface area contributed by atoms with Gasteiger partial charge in [0.15, 0.2) is 0 Å². The molecule has 5 aromatic rings. The lowest BCUT2D eigenvalue weighted by atomic mass is 9.84. The molecule has 5 rings (SSSR count). The Balaban J connectivity index is 1.52. The number of nitrogens with zero attached hydrogens (tertiary/aromatic N) is 6. The van der Waals surface area contributed by atoms with Gasteiger partial charge in [0, 0.05) is 35.4 Å². The molecule has 0 saturated heterocycles. The minimum absolute atomic E-state index is 0.00312. The Hall–Kier alpha value is -4.33. The third-order valence-corrected chi connectivity index (χ3v) is 7.15. The topological polar surface area (TPSA) is 94.3 Å². The van der Waals surface area contributed by atoms with E-state index in [2.05, 4.69) is 109 Å². The van der Waals surface area contributed by atoms with E-state index in [0.717, 1.165) is 58.5 Å². The summed E-state index contributed by atoms with van der Waals surface area (Å²) in [7, 11) is 0. The Morgan fingerprint density at radius 2 is 1.79 bits per heavy atom. The minimum Gasteiger partial charge on any atom is -0.292 e. The van der Waals surface area contributed by atoms with Gasteiger partial charge in [-0.15, -0.1) is 10.2 Å². The fraction of sp³-hybridized carbons (Fsp3) is 0.323. The van der Waals surface area contributed by atoms with Gasteiger partial charge in [0.1, 0.15) is 0 Å². The van der Waals surface area contributed by atoms with Crippen LogP contribution in [0.4, 0.5) is 0 Å². The number of aryl methyl sites for hydroxylation is 2. The molecule has 0 aliphatic carbocycles. The first kappa shape index (κ1) is 26.3. The fourth-order valence-corrected chi connectivity index (χ4v) is 5.07. The maximum atomic E-state index is 13.9. The van der Waals surface area contributed by atoms with E-state index < -0.39 is 0 Å². The summed E-state index contributed by atoms with van der Waals surface area (Å²) in [5, 5.41) is 14.5. The number of para-hydroxylation sites is 1. The van der Waals surface area contributed by atoms with E-state index in [9.17, 15) is 4.79 Å². The Labute approximate surface area is 228 Å². The largest absolute Gasteiger partial charge is 0.333 e. The highest BCUT2D eigenvalue weighted by Gasteiger charge is 2.23. The lowest BCUT2D eigenvalue weighted by Gasteiger charge is -2.24. The Kier molecular flexibility index (Phi) is 7.28. The van der Waals surface area contributed by atoms with E-state index >= 15 is 0 Å². The summed E-state index contributed by atoms with van der Waals surface area (Å²) >= 11 is 0. The Morgan fingerprint density at radius 3 is 2.49 bits per heavy atom. The fourth-order valence-electron chi connectivity index (χ4n) is 5.07. The predicted molar refractivity (Wildman–Crippen MR) is 154 cm³/mol. The number of H-pyrrole nitrogens is 1. The predicted octanol–water partition coefficient (Wildman–Crippen LogP) is 5.88. The van der Waals surface area contributed by atoms with Crippen LogP contribution < -0.4 is 5.69 Å². The highest BCUT2D eigenvalue weighted by atomic mass is 16.1. The molecule has 3 aromatic heterocycles. The molecule has 2 aromatic carbocycles. The highest BCUT2D eigenvalue weighted by Crippen LogP contribution is 2.31. The zero-order valence-electron chi connectivity index (χ0n) is 23.3. The monoisotopic (exact) mass is 521 g/mol. The van der Waals surface area contributed by atoms with Crippen LogP contribution in [0.25, 0.3) is 28.2 Å². The quantitative estimate of drug-likeness (QED) is 0.275. The van der Waals surface area contributed by atoms with Crippen molar-refractivity contribution in [2.45, 2.75) is 65.8 Å². The van der Waals surface area contributed by atoms with Crippen LogP contribution in [0.3, 0.4) is 0 Å². The normalized spacial score (nSPS) is 11.7. The third kappa shape index (κ3) is 5.32. The van der Waals surface area contributed by atoms with Gasteiger partial charge in [-0.3, -0.25) is 14.1 Å². The average Bonchev–Trinajstić information content (AvgIpc) is 3.56. The molecule has 0 atom stereocenters. The maximum Gasteiger partial charge on any atom is 0.333 e. The number of hydrogen-bond acceptors (Lipinski definition) is 5. The number of pyridine rings is 1. The number of rotatable bonds is 8. The SMILES string of the molecule is CCCCc1cn(-c2c(C)cccc2C(C)(C)C)c(=O)n1Cc1ccc(-c2cnccc2-c2nn[nH]n2)cc1. The second kappa shape index (κ2) is 10.8. The molecule has 3 heterocycles. The van der Waals surface area contributed by atoms with E-state index in [0.29, 0.717) is 12.4 Å². The molecule has 0 bridgehead atoms. The van der Waals surface area contributed by atoms with Gasteiger partial charge in [-0.25, -0.2) is 4.79 Å². The molecule has 0 radical (unpaired) electrons. The molecular formula is C31H35N7O. The van der Waals surface area contributed by atoms with Crippen molar-refractivity contribution in [2.24, 2.45) is 0 Å². The molecule has 8 heteroatoms. The van der Waals surface area contributed by atoms with Crippen LogP contribution in [0.1, 0.15) is 62.9 Å². The number of tetrazole rings is 1. The van der Waals surface area contributed by atoms with Gasteiger partial charge in [0.05, 0.1) is 12.2 Å². The van der Waals surface area contributed by atoms with Crippen molar-refractivity contribution >= 4 is 0 Å². The first-order valence-electron chi connectivity index (χ1n) is 13.5. The molecule has 0 saturated carbocycles. The summed E-state index contributed by atoms with van der Waals surface area (Å²) < 4.78 is 3.79. The zero-order valence-corrected chi connectivity index (χ0v) is 23.3. The van der Waals surface area contributed by atoms with Crippen molar-refractivity contribution in [3.63, 3.8) is 0 Å². The van der Waals surface area contributed by atoms with Crippen molar-refractivity contribution in [2.75, 3.05) is 0 Å². The van der Waals surface area contributed by atoms with Crippen LogP contribution in [0.2, 0.25) is 0 Å². The molecule has 8 nitrogen and oxygen atoms in total. The third-order valence-electron chi connectivity index (χ3n) is 7.15. The Morgan fingerprint density at radius 1 is 1.00 bits per heavy atom. The Bertz CT molecular complexity index is 1620. The van der Waals surface area contributed by atoms with Crippen molar-refractivity contribution < 1.29 is 0 Å². The van der Waals surface area contributed by atoms with Gasteiger partial charge >= 0.3 is 5.69 Å². The molecule has 0 fully saturated rings. The van der Waals surface area contributed by atoms with Crippen LogP contribution >= 0.6 is 0 Å². The number of aromatic amines is 1. The lowest BCUT2D eigenvalue weighted by molar-refractivity contribution is 0.583. The zero-order chi connectivity index (χ0) is 27.6. The first-order valence-corrected chi connectivity index (χ1v) is 13.5. The van der Waals surface area contributed by atoms with Crippen LogP contribution in [-0.2, 0) is 18.4 Å². The second-order valence-electron chi connectivity index (χ2n) is 11.0. The maximum absolute atomic E-state index is 13.9. The number of nitrogens with one attached hydrogen (secondary N) is 1.